The second kappa shape index (κ2) is 14.1. The van der Waals surface area contributed by atoms with Gasteiger partial charge in [-0.15, -0.1) is 0 Å². The van der Waals surface area contributed by atoms with E-state index in [1.807, 2.05) is 18.2 Å². The molecule has 174 valence electrons. The number of carbonyl (C=O) groups is 1. The van der Waals surface area contributed by atoms with Crippen LogP contribution in [0.2, 0.25) is 0 Å². The number of aliphatic hydroxyl groups excluding tert-OH is 1. The third-order valence-corrected chi connectivity index (χ3v) is 7.19. The molecule has 31 heavy (non-hydrogen) atoms. The van der Waals surface area contributed by atoms with E-state index in [1.165, 1.54) is 0 Å². The molecule has 2 aliphatic heterocycles. The highest BCUT2D eigenvalue weighted by Crippen LogP contribution is 2.33. The Hall–Kier alpha value is -1.13. The van der Waals surface area contributed by atoms with Gasteiger partial charge in [0, 0.05) is 24.3 Å². The minimum Gasteiger partial charge on any atom is -0.465 e. The number of benzene rings is 1. The van der Waals surface area contributed by atoms with Crippen LogP contribution >= 0.6 is 21.6 Å². The van der Waals surface area contributed by atoms with Gasteiger partial charge in [-0.1, -0.05) is 27.7 Å². The van der Waals surface area contributed by atoms with Crippen molar-refractivity contribution in [1.29, 1.82) is 0 Å². The standard InChI is InChI=1S/C22H32O7S2/c23-9-13-30-31-14-12-25-20(24)16-17-7-8-18(28-21-5-1-3-10-26-21)19(15-17)29-22-6-2-4-11-27-22/h7-8,15,21-23H,1-6,9-14,16H2. The van der Waals surface area contributed by atoms with Gasteiger partial charge in [0.1, 0.15) is 6.61 Å². The molecule has 0 bridgehead atoms. The monoisotopic (exact) mass is 472 g/mol. The van der Waals surface area contributed by atoms with E-state index in [-0.39, 0.29) is 31.6 Å². The first-order valence-electron chi connectivity index (χ1n) is 10.9. The number of hydrogen-bond donors (Lipinski definition) is 1. The summed E-state index contributed by atoms with van der Waals surface area (Å²) in [5.74, 6) is 2.26. The van der Waals surface area contributed by atoms with E-state index in [2.05, 4.69) is 0 Å². The second-order valence-electron chi connectivity index (χ2n) is 7.37. The van der Waals surface area contributed by atoms with Crippen molar-refractivity contribution in [2.24, 2.45) is 0 Å². The highest BCUT2D eigenvalue weighted by Gasteiger charge is 2.22. The first-order valence-corrected chi connectivity index (χ1v) is 13.4. The lowest BCUT2D eigenvalue weighted by Crippen LogP contribution is -2.27. The van der Waals surface area contributed by atoms with Crippen molar-refractivity contribution in [3.8, 4) is 11.5 Å². The van der Waals surface area contributed by atoms with Gasteiger partial charge in [-0.2, -0.15) is 0 Å². The molecule has 7 nitrogen and oxygen atoms in total. The molecule has 1 aromatic carbocycles. The van der Waals surface area contributed by atoms with E-state index in [0.29, 0.717) is 42.8 Å². The Morgan fingerprint density at radius 3 is 2.29 bits per heavy atom. The summed E-state index contributed by atoms with van der Waals surface area (Å²) in [6.07, 6.45) is 5.50. The zero-order chi connectivity index (χ0) is 21.7. The smallest absolute Gasteiger partial charge is 0.310 e. The molecule has 0 radical (unpaired) electrons. The van der Waals surface area contributed by atoms with Crippen LogP contribution in [0.5, 0.6) is 11.5 Å². The fourth-order valence-corrected chi connectivity index (χ4v) is 4.90. The van der Waals surface area contributed by atoms with Crippen LogP contribution in [0, 0.1) is 0 Å². The molecule has 0 saturated carbocycles. The van der Waals surface area contributed by atoms with Crippen LogP contribution in [0.1, 0.15) is 44.1 Å². The molecule has 0 aromatic heterocycles. The Balaban J connectivity index is 1.56. The number of ether oxygens (including phenoxy) is 5. The summed E-state index contributed by atoms with van der Waals surface area (Å²) < 4.78 is 28.9. The third-order valence-electron chi connectivity index (χ3n) is 4.84. The van der Waals surface area contributed by atoms with Crippen molar-refractivity contribution in [3.05, 3.63) is 23.8 Å². The Kier molecular flexibility index (Phi) is 11.2. The average molecular weight is 473 g/mol. The molecular formula is C22H32O7S2. The minimum absolute atomic E-state index is 0.153. The van der Waals surface area contributed by atoms with Gasteiger partial charge in [0.15, 0.2) is 24.1 Å². The lowest BCUT2D eigenvalue weighted by Gasteiger charge is -2.27. The molecular weight excluding hydrogens is 440 g/mol. The molecule has 1 aromatic rings. The first-order chi connectivity index (χ1) is 15.2. The third kappa shape index (κ3) is 9.10. The lowest BCUT2D eigenvalue weighted by molar-refractivity contribution is -0.142. The topological polar surface area (TPSA) is 83.5 Å². The molecule has 2 unspecified atom stereocenters. The van der Waals surface area contributed by atoms with Gasteiger partial charge in [-0.25, -0.2) is 0 Å². The summed E-state index contributed by atoms with van der Waals surface area (Å²) in [5.41, 5.74) is 0.801. The summed E-state index contributed by atoms with van der Waals surface area (Å²) in [5, 5.41) is 8.76. The van der Waals surface area contributed by atoms with Crippen LogP contribution in [0.25, 0.3) is 0 Å². The van der Waals surface area contributed by atoms with Crippen LogP contribution in [-0.4, -0.2) is 61.6 Å². The number of hydrogen-bond acceptors (Lipinski definition) is 9. The first kappa shape index (κ1) is 24.5. The average Bonchev–Trinajstić information content (AvgIpc) is 2.79. The molecule has 2 aliphatic rings. The van der Waals surface area contributed by atoms with Gasteiger partial charge in [0.25, 0.3) is 0 Å². The fourth-order valence-electron chi connectivity index (χ4n) is 3.31. The Labute approximate surface area is 191 Å². The fraction of sp³-hybridized carbons (Fsp3) is 0.682. The van der Waals surface area contributed by atoms with Crippen molar-refractivity contribution >= 4 is 27.6 Å². The molecule has 2 saturated heterocycles. The Morgan fingerprint density at radius 2 is 1.65 bits per heavy atom. The zero-order valence-electron chi connectivity index (χ0n) is 17.8. The maximum atomic E-state index is 12.2. The normalized spacial score (nSPS) is 21.5. The minimum atomic E-state index is -0.306. The van der Waals surface area contributed by atoms with Crippen molar-refractivity contribution in [2.45, 2.75) is 57.5 Å². The largest absolute Gasteiger partial charge is 0.465 e. The van der Waals surface area contributed by atoms with Crippen molar-refractivity contribution in [3.63, 3.8) is 0 Å². The maximum Gasteiger partial charge on any atom is 0.310 e. The number of rotatable bonds is 12. The molecule has 1 N–H and O–H groups in total. The molecule has 9 heteroatoms. The second-order valence-corrected chi connectivity index (χ2v) is 10.1. The van der Waals surface area contributed by atoms with E-state index in [1.54, 1.807) is 21.6 Å². The highest BCUT2D eigenvalue weighted by atomic mass is 33.1. The molecule has 2 atom stereocenters. The van der Waals surface area contributed by atoms with Crippen LogP contribution in [0.3, 0.4) is 0 Å². The summed E-state index contributed by atoms with van der Waals surface area (Å²) in [6.45, 7) is 1.89. The van der Waals surface area contributed by atoms with Gasteiger partial charge >= 0.3 is 5.97 Å². The molecule has 0 amide bonds. The van der Waals surface area contributed by atoms with Gasteiger partial charge in [0.2, 0.25) is 0 Å². The van der Waals surface area contributed by atoms with E-state index < -0.39 is 0 Å². The number of carbonyl (C=O) groups excluding carboxylic acids is 1. The van der Waals surface area contributed by atoms with Gasteiger partial charge < -0.3 is 28.8 Å². The molecule has 0 spiro atoms. The summed E-state index contributed by atoms with van der Waals surface area (Å²) in [7, 11) is 3.15. The summed E-state index contributed by atoms with van der Waals surface area (Å²) >= 11 is 0. The highest BCUT2D eigenvalue weighted by molar-refractivity contribution is 8.76. The van der Waals surface area contributed by atoms with E-state index in [4.69, 9.17) is 28.8 Å². The summed E-state index contributed by atoms with van der Waals surface area (Å²) in [6, 6.07) is 5.53. The number of esters is 1. The molecule has 2 fully saturated rings. The molecule has 0 aliphatic carbocycles. The van der Waals surface area contributed by atoms with Crippen LogP contribution in [-0.2, 0) is 25.4 Å². The lowest BCUT2D eigenvalue weighted by atomic mass is 10.1. The quantitative estimate of drug-likeness (QED) is 0.276. The van der Waals surface area contributed by atoms with Gasteiger partial charge in [-0.05, 0) is 43.4 Å². The molecule has 2 heterocycles. The van der Waals surface area contributed by atoms with E-state index >= 15 is 0 Å². The zero-order valence-corrected chi connectivity index (χ0v) is 19.4. The summed E-state index contributed by atoms with van der Waals surface area (Å²) in [4.78, 5) is 12.2. The van der Waals surface area contributed by atoms with Gasteiger partial charge in [-0.3, -0.25) is 4.79 Å². The number of aliphatic hydroxyl groups is 1. The van der Waals surface area contributed by atoms with Gasteiger partial charge in [0.05, 0.1) is 26.2 Å². The maximum absolute atomic E-state index is 12.2. The Morgan fingerprint density at radius 1 is 0.968 bits per heavy atom. The van der Waals surface area contributed by atoms with E-state index in [9.17, 15) is 4.79 Å². The Bertz CT molecular complexity index is 661. The van der Waals surface area contributed by atoms with Crippen LogP contribution in [0.4, 0.5) is 0 Å². The van der Waals surface area contributed by atoms with Crippen molar-refractivity contribution in [1.82, 2.24) is 0 Å². The van der Waals surface area contributed by atoms with Crippen molar-refractivity contribution in [2.75, 3.05) is 37.9 Å². The predicted octanol–water partition coefficient (Wildman–Crippen LogP) is 3.96. The van der Waals surface area contributed by atoms with Crippen LogP contribution < -0.4 is 9.47 Å². The molecule has 3 rings (SSSR count). The van der Waals surface area contributed by atoms with Crippen molar-refractivity contribution < 1.29 is 33.6 Å². The van der Waals surface area contributed by atoms with Crippen LogP contribution in [0.15, 0.2) is 18.2 Å². The SMILES string of the molecule is O=C(Cc1ccc(OC2CCCCO2)c(OC2CCCCO2)c1)OCCSSCCO. The van der Waals surface area contributed by atoms with E-state index in [0.717, 1.165) is 44.1 Å². The predicted molar refractivity (Wildman–Crippen MR) is 122 cm³/mol.